The fourth-order valence-corrected chi connectivity index (χ4v) is 5.66. The predicted molar refractivity (Wildman–Crippen MR) is 141 cm³/mol. The second-order valence-electron chi connectivity index (χ2n) is 10.8. The highest BCUT2D eigenvalue weighted by Crippen LogP contribution is 2.39. The maximum absolute atomic E-state index is 15.3. The number of β-amino-alcohol motifs (C(OH)–C–C–N with tert-alkyl or cyclic N) is 2. The van der Waals surface area contributed by atoms with Crippen molar-refractivity contribution in [2.24, 2.45) is 0 Å². The number of benzene rings is 1. The number of anilines is 4. The molecule has 0 spiro atoms. The van der Waals surface area contributed by atoms with Crippen LogP contribution in [0.4, 0.5) is 36.4 Å². The van der Waals surface area contributed by atoms with Crippen LogP contribution in [0.1, 0.15) is 60.9 Å². The Morgan fingerprint density at radius 3 is 2.33 bits per heavy atom. The van der Waals surface area contributed by atoms with E-state index >= 15 is 4.39 Å². The van der Waals surface area contributed by atoms with Crippen LogP contribution >= 0.6 is 0 Å². The van der Waals surface area contributed by atoms with Crippen molar-refractivity contribution in [2.75, 3.05) is 23.7 Å². The van der Waals surface area contributed by atoms with E-state index in [2.05, 4.69) is 35.7 Å². The fraction of sp³-hybridized carbons (Fsp3) is 0.519. The Morgan fingerprint density at radius 1 is 1.03 bits per heavy atom. The number of aliphatic hydroxyl groups is 2. The smallest absolute Gasteiger partial charge is 0.275 e. The molecule has 2 atom stereocenters. The van der Waals surface area contributed by atoms with Gasteiger partial charge in [-0.2, -0.15) is 10.1 Å². The largest absolute Gasteiger partial charge is 0.389 e. The number of alkyl halides is 2. The van der Waals surface area contributed by atoms with Crippen LogP contribution < -0.4 is 10.6 Å². The molecule has 3 aromatic rings. The topological polar surface area (TPSA) is 122 Å². The Labute approximate surface area is 224 Å². The number of H-pyrrole nitrogens is 1. The van der Waals surface area contributed by atoms with E-state index in [4.69, 9.17) is 0 Å². The lowest BCUT2D eigenvalue weighted by molar-refractivity contribution is 0.0176. The molecule has 210 valence electrons. The van der Waals surface area contributed by atoms with Gasteiger partial charge in [0.05, 0.1) is 23.5 Å². The minimum absolute atomic E-state index is 0.0284. The standard InChI is InChI=1S/C27H34F3N7O2/c1-14-8-21(20(28)10-18(14)16-4-6-17(7-5-16)37-12-22(38)23(39)13-37)32-26-31-11-19(27(3,29)30)25(34-26)33-24-9-15(2)35-36-24/h8-11,16-17,22-23,38-39H,4-7,12-13H2,1-3H3,(H3,31,32,33,34,35,36)/t16?,17?,22-,23-/m0/s1. The molecule has 0 radical (unpaired) electrons. The summed E-state index contributed by atoms with van der Waals surface area (Å²) < 4.78 is 43.7. The molecule has 2 aliphatic rings. The van der Waals surface area contributed by atoms with Gasteiger partial charge in [0.1, 0.15) is 11.6 Å². The zero-order valence-electron chi connectivity index (χ0n) is 22.2. The monoisotopic (exact) mass is 545 g/mol. The lowest BCUT2D eigenvalue weighted by atomic mass is 9.79. The Kier molecular flexibility index (Phi) is 7.53. The quantitative estimate of drug-likeness (QED) is 0.292. The van der Waals surface area contributed by atoms with Crippen LogP contribution in [0.2, 0.25) is 0 Å². The van der Waals surface area contributed by atoms with Gasteiger partial charge in [0, 0.05) is 44.0 Å². The van der Waals surface area contributed by atoms with Gasteiger partial charge in [-0.3, -0.25) is 10.00 Å². The van der Waals surface area contributed by atoms with Crippen molar-refractivity contribution in [2.45, 2.75) is 76.5 Å². The number of aromatic nitrogens is 4. The highest BCUT2D eigenvalue weighted by molar-refractivity contribution is 5.62. The first-order chi connectivity index (χ1) is 18.5. The first-order valence-electron chi connectivity index (χ1n) is 13.2. The van der Waals surface area contributed by atoms with Crippen molar-refractivity contribution in [3.8, 4) is 0 Å². The molecule has 5 rings (SSSR count). The molecule has 9 nitrogen and oxygen atoms in total. The van der Waals surface area contributed by atoms with Crippen molar-refractivity contribution in [3.63, 3.8) is 0 Å². The normalized spacial score (nSPS) is 24.2. The van der Waals surface area contributed by atoms with Gasteiger partial charge in [-0.15, -0.1) is 0 Å². The highest BCUT2D eigenvalue weighted by Gasteiger charge is 2.36. The fourth-order valence-electron chi connectivity index (χ4n) is 5.66. The molecule has 1 saturated heterocycles. The van der Waals surface area contributed by atoms with E-state index in [-0.39, 0.29) is 23.4 Å². The first kappa shape index (κ1) is 27.4. The van der Waals surface area contributed by atoms with Gasteiger partial charge in [0.25, 0.3) is 5.92 Å². The Balaban J connectivity index is 1.30. The highest BCUT2D eigenvalue weighted by atomic mass is 19.3. The van der Waals surface area contributed by atoms with E-state index in [1.165, 1.54) is 6.07 Å². The lowest BCUT2D eigenvalue weighted by Crippen LogP contribution is -2.37. The summed E-state index contributed by atoms with van der Waals surface area (Å²) in [7, 11) is 0. The third-order valence-corrected chi connectivity index (χ3v) is 7.76. The summed E-state index contributed by atoms with van der Waals surface area (Å²) in [5.41, 5.74) is 2.35. The average Bonchev–Trinajstić information content (AvgIpc) is 3.44. The number of halogens is 3. The molecule has 0 bridgehead atoms. The number of nitrogens with zero attached hydrogens (tertiary/aromatic N) is 4. The molecular weight excluding hydrogens is 511 g/mol. The number of hydrogen-bond donors (Lipinski definition) is 5. The molecule has 1 aliphatic carbocycles. The molecule has 0 unspecified atom stereocenters. The summed E-state index contributed by atoms with van der Waals surface area (Å²) in [5, 5.41) is 32.1. The van der Waals surface area contributed by atoms with Gasteiger partial charge in [-0.05, 0) is 68.7 Å². The number of aliphatic hydroxyl groups excluding tert-OH is 2. The van der Waals surface area contributed by atoms with E-state index in [9.17, 15) is 19.0 Å². The van der Waals surface area contributed by atoms with E-state index in [1.807, 2.05) is 6.92 Å². The Bertz CT molecular complexity index is 1310. The molecule has 1 aromatic carbocycles. The van der Waals surface area contributed by atoms with Gasteiger partial charge in [-0.1, -0.05) is 0 Å². The molecule has 0 amide bonds. The average molecular weight is 546 g/mol. The maximum Gasteiger partial charge on any atom is 0.275 e. The third-order valence-electron chi connectivity index (χ3n) is 7.76. The predicted octanol–water partition coefficient (Wildman–Crippen LogP) is 4.62. The van der Waals surface area contributed by atoms with Gasteiger partial charge >= 0.3 is 0 Å². The van der Waals surface area contributed by atoms with Crippen molar-refractivity contribution in [3.05, 3.63) is 52.6 Å². The summed E-state index contributed by atoms with van der Waals surface area (Å²) in [6.45, 7) is 5.44. The molecule has 39 heavy (non-hydrogen) atoms. The summed E-state index contributed by atoms with van der Waals surface area (Å²) in [4.78, 5) is 10.4. The molecule has 2 fully saturated rings. The molecule has 2 aromatic heterocycles. The Hall–Kier alpha value is -3.22. The SMILES string of the molecule is Cc1cc(Nc2nc(Nc3cc(C)c(C4CCC(N5C[C@H](O)[C@@H](O)C5)CC4)cc3F)ncc2C(C)(F)F)n[nH]1. The number of aromatic amines is 1. The zero-order chi connectivity index (χ0) is 27.9. The van der Waals surface area contributed by atoms with E-state index < -0.39 is 29.5 Å². The van der Waals surface area contributed by atoms with Crippen molar-refractivity contribution in [1.82, 2.24) is 25.1 Å². The van der Waals surface area contributed by atoms with Gasteiger partial charge in [-0.25, -0.2) is 18.2 Å². The van der Waals surface area contributed by atoms with Gasteiger partial charge in [0.2, 0.25) is 5.95 Å². The second-order valence-corrected chi connectivity index (χ2v) is 10.8. The van der Waals surface area contributed by atoms with Crippen molar-refractivity contribution >= 4 is 23.3 Å². The molecule has 3 heterocycles. The minimum atomic E-state index is -3.21. The van der Waals surface area contributed by atoms with Gasteiger partial charge in [0.15, 0.2) is 5.82 Å². The van der Waals surface area contributed by atoms with Crippen LogP contribution in [0.25, 0.3) is 0 Å². The molecule has 1 saturated carbocycles. The lowest BCUT2D eigenvalue weighted by Gasteiger charge is -2.35. The molecule has 5 N–H and O–H groups in total. The minimum Gasteiger partial charge on any atom is -0.389 e. The maximum atomic E-state index is 15.3. The van der Waals surface area contributed by atoms with E-state index in [0.29, 0.717) is 24.9 Å². The molecule has 1 aliphatic heterocycles. The molecule has 12 heteroatoms. The first-order valence-corrected chi connectivity index (χ1v) is 13.2. The number of rotatable bonds is 7. The van der Waals surface area contributed by atoms with Crippen LogP contribution in [0.5, 0.6) is 0 Å². The summed E-state index contributed by atoms with van der Waals surface area (Å²) in [6, 6.07) is 5.19. The number of hydrogen-bond acceptors (Lipinski definition) is 8. The number of aryl methyl sites for hydroxylation is 2. The summed E-state index contributed by atoms with van der Waals surface area (Å²) >= 11 is 0. The van der Waals surface area contributed by atoms with Crippen LogP contribution in [-0.4, -0.2) is 66.6 Å². The second kappa shape index (κ2) is 10.7. The third kappa shape index (κ3) is 6.02. The zero-order valence-corrected chi connectivity index (χ0v) is 22.2. The Morgan fingerprint density at radius 2 is 1.72 bits per heavy atom. The van der Waals surface area contributed by atoms with Crippen LogP contribution in [0, 0.1) is 19.7 Å². The van der Waals surface area contributed by atoms with Crippen molar-refractivity contribution < 1.29 is 23.4 Å². The summed E-state index contributed by atoms with van der Waals surface area (Å²) in [5.74, 6) is -3.31. The van der Waals surface area contributed by atoms with Gasteiger partial charge < -0.3 is 20.8 Å². The number of likely N-dealkylation sites (tertiary alicyclic amines) is 1. The van der Waals surface area contributed by atoms with E-state index in [0.717, 1.165) is 55.6 Å². The number of nitrogens with one attached hydrogen (secondary N) is 3. The van der Waals surface area contributed by atoms with Crippen LogP contribution in [-0.2, 0) is 5.92 Å². The van der Waals surface area contributed by atoms with E-state index in [1.54, 1.807) is 19.1 Å². The summed E-state index contributed by atoms with van der Waals surface area (Å²) in [6.07, 6.45) is 3.23. The van der Waals surface area contributed by atoms with Crippen LogP contribution in [0.15, 0.2) is 24.4 Å². The van der Waals surface area contributed by atoms with Crippen LogP contribution in [0.3, 0.4) is 0 Å². The molecular formula is C27H34F3N7O2. The van der Waals surface area contributed by atoms with Crippen molar-refractivity contribution in [1.29, 1.82) is 0 Å².